The monoisotopic (exact) mass is 300 g/mol. The second-order valence-electron chi connectivity index (χ2n) is 5.51. The van der Waals surface area contributed by atoms with Crippen LogP contribution in [-0.4, -0.2) is 29.7 Å². The van der Waals surface area contributed by atoms with Gasteiger partial charge in [-0.1, -0.05) is 12.1 Å². The van der Waals surface area contributed by atoms with Crippen molar-refractivity contribution < 1.29 is 4.74 Å². The third kappa shape index (κ3) is 4.91. The Morgan fingerprint density at radius 3 is 2.41 bits per heavy atom. The minimum atomic E-state index is 0.349. The maximum atomic E-state index is 5.16. The van der Waals surface area contributed by atoms with Crippen LogP contribution < -0.4 is 15.4 Å². The Hall–Kier alpha value is -2.30. The minimum absolute atomic E-state index is 0.349. The number of anilines is 2. The first kappa shape index (κ1) is 16.1. The molecule has 0 saturated heterocycles. The summed E-state index contributed by atoms with van der Waals surface area (Å²) in [7, 11) is 1.68. The summed E-state index contributed by atoms with van der Waals surface area (Å²) in [6.45, 7) is 6.91. The van der Waals surface area contributed by atoms with E-state index < -0.39 is 0 Å². The first-order chi connectivity index (χ1) is 10.6. The van der Waals surface area contributed by atoms with Gasteiger partial charge in [-0.3, -0.25) is 0 Å². The van der Waals surface area contributed by atoms with Crippen LogP contribution in [0.4, 0.5) is 11.6 Å². The van der Waals surface area contributed by atoms with Gasteiger partial charge in [0, 0.05) is 18.7 Å². The molecule has 0 aliphatic rings. The molecule has 2 N–H and O–H groups in total. The predicted octanol–water partition coefficient (Wildman–Crippen LogP) is 3.27. The SMILES string of the molecule is COc1ccc(CCNc2cc(NC(C)C)nc(C)n2)cc1. The summed E-state index contributed by atoms with van der Waals surface area (Å²) < 4.78 is 5.16. The zero-order valence-corrected chi connectivity index (χ0v) is 13.7. The van der Waals surface area contributed by atoms with E-state index in [0.717, 1.165) is 36.2 Å². The average Bonchev–Trinajstić information content (AvgIpc) is 2.46. The molecule has 22 heavy (non-hydrogen) atoms. The summed E-state index contributed by atoms with van der Waals surface area (Å²) >= 11 is 0. The van der Waals surface area contributed by atoms with Crippen LogP contribution in [0.3, 0.4) is 0 Å². The number of methoxy groups -OCH3 is 1. The third-order valence-electron chi connectivity index (χ3n) is 3.15. The van der Waals surface area contributed by atoms with Gasteiger partial charge >= 0.3 is 0 Å². The molecule has 0 bridgehead atoms. The van der Waals surface area contributed by atoms with Gasteiger partial charge in [-0.05, 0) is 44.9 Å². The lowest BCUT2D eigenvalue weighted by atomic mass is 10.1. The number of nitrogens with zero attached hydrogens (tertiary/aromatic N) is 2. The molecule has 0 fully saturated rings. The Kier molecular flexibility index (Phi) is 5.58. The second kappa shape index (κ2) is 7.64. The molecule has 0 aliphatic heterocycles. The molecule has 1 heterocycles. The Balaban J connectivity index is 1.91. The minimum Gasteiger partial charge on any atom is -0.497 e. The maximum absolute atomic E-state index is 5.16. The van der Waals surface area contributed by atoms with E-state index in [9.17, 15) is 0 Å². The van der Waals surface area contributed by atoms with Crippen LogP contribution in [0.15, 0.2) is 30.3 Å². The van der Waals surface area contributed by atoms with Crippen LogP contribution in [0, 0.1) is 6.92 Å². The topological polar surface area (TPSA) is 59.1 Å². The molecule has 0 atom stereocenters. The quantitative estimate of drug-likeness (QED) is 0.822. The molecule has 0 spiro atoms. The van der Waals surface area contributed by atoms with E-state index in [1.807, 2.05) is 25.1 Å². The zero-order chi connectivity index (χ0) is 15.9. The molecule has 0 unspecified atom stereocenters. The van der Waals surface area contributed by atoms with Gasteiger partial charge in [0.15, 0.2) is 0 Å². The number of hydrogen-bond acceptors (Lipinski definition) is 5. The molecular weight excluding hydrogens is 276 g/mol. The summed E-state index contributed by atoms with van der Waals surface area (Å²) in [5.41, 5.74) is 1.26. The average molecular weight is 300 g/mol. The third-order valence-corrected chi connectivity index (χ3v) is 3.15. The number of benzene rings is 1. The molecule has 1 aromatic carbocycles. The number of aromatic nitrogens is 2. The van der Waals surface area contributed by atoms with Crippen molar-refractivity contribution in [3.8, 4) is 5.75 Å². The van der Waals surface area contributed by atoms with E-state index in [0.29, 0.717) is 6.04 Å². The molecule has 5 heteroatoms. The Morgan fingerprint density at radius 2 is 1.77 bits per heavy atom. The Morgan fingerprint density at radius 1 is 1.09 bits per heavy atom. The zero-order valence-electron chi connectivity index (χ0n) is 13.7. The van der Waals surface area contributed by atoms with Gasteiger partial charge < -0.3 is 15.4 Å². The predicted molar refractivity (Wildman–Crippen MR) is 90.7 cm³/mol. The van der Waals surface area contributed by atoms with E-state index in [4.69, 9.17) is 4.74 Å². The molecule has 0 amide bonds. The highest BCUT2D eigenvalue weighted by atomic mass is 16.5. The summed E-state index contributed by atoms with van der Waals surface area (Å²) in [5.74, 6) is 3.35. The molecule has 2 aromatic rings. The molecule has 5 nitrogen and oxygen atoms in total. The molecule has 2 rings (SSSR count). The molecule has 118 valence electrons. The number of hydrogen-bond donors (Lipinski definition) is 2. The number of aryl methyl sites for hydroxylation is 1. The van der Waals surface area contributed by atoms with Gasteiger partial charge in [0.2, 0.25) is 0 Å². The van der Waals surface area contributed by atoms with Crippen molar-refractivity contribution in [2.75, 3.05) is 24.3 Å². The van der Waals surface area contributed by atoms with Crippen LogP contribution in [0.5, 0.6) is 5.75 Å². The van der Waals surface area contributed by atoms with E-state index >= 15 is 0 Å². The van der Waals surface area contributed by atoms with Crippen molar-refractivity contribution in [2.24, 2.45) is 0 Å². The highest BCUT2D eigenvalue weighted by molar-refractivity contribution is 5.48. The van der Waals surface area contributed by atoms with Crippen molar-refractivity contribution >= 4 is 11.6 Å². The highest BCUT2D eigenvalue weighted by Gasteiger charge is 2.03. The second-order valence-corrected chi connectivity index (χ2v) is 5.51. The summed E-state index contributed by atoms with van der Waals surface area (Å²) in [4.78, 5) is 8.80. The van der Waals surface area contributed by atoms with Crippen molar-refractivity contribution in [2.45, 2.75) is 33.2 Å². The van der Waals surface area contributed by atoms with Gasteiger partial charge in [0.1, 0.15) is 23.2 Å². The lowest BCUT2D eigenvalue weighted by molar-refractivity contribution is 0.414. The van der Waals surface area contributed by atoms with Crippen LogP contribution in [0.1, 0.15) is 25.2 Å². The molecule has 0 saturated carbocycles. The van der Waals surface area contributed by atoms with Gasteiger partial charge in [-0.15, -0.1) is 0 Å². The largest absolute Gasteiger partial charge is 0.497 e. The van der Waals surface area contributed by atoms with Crippen LogP contribution in [0.25, 0.3) is 0 Å². The first-order valence-corrected chi connectivity index (χ1v) is 7.56. The normalized spacial score (nSPS) is 10.6. The van der Waals surface area contributed by atoms with Gasteiger partial charge in [0.25, 0.3) is 0 Å². The molecule has 0 aliphatic carbocycles. The van der Waals surface area contributed by atoms with E-state index in [1.165, 1.54) is 5.56 Å². The van der Waals surface area contributed by atoms with Gasteiger partial charge in [0.05, 0.1) is 7.11 Å². The van der Waals surface area contributed by atoms with Crippen LogP contribution in [-0.2, 0) is 6.42 Å². The van der Waals surface area contributed by atoms with Gasteiger partial charge in [-0.2, -0.15) is 0 Å². The van der Waals surface area contributed by atoms with E-state index in [2.05, 4.69) is 46.6 Å². The van der Waals surface area contributed by atoms with Gasteiger partial charge in [-0.25, -0.2) is 9.97 Å². The highest BCUT2D eigenvalue weighted by Crippen LogP contribution is 2.14. The van der Waals surface area contributed by atoms with Crippen LogP contribution >= 0.6 is 0 Å². The molecule has 0 radical (unpaired) electrons. The Bertz CT molecular complexity index is 596. The smallest absolute Gasteiger partial charge is 0.131 e. The summed E-state index contributed by atoms with van der Waals surface area (Å²) in [6, 6.07) is 10.4. The fraction of sp³-hybridized carbons (Fsp3) is 0.412. The number of ether oxygens (including phenoxy) is 1. The summed E-state index contributed by atoms with van der Waals surface area (Å²) in [5, 5.41) is 6.66. The van der Waals surface area contributed by atoms with E-state index in [-0.39, 0.29) is 0 Å². The molecular formula is C17H24N4O. The molecule has 1 aromatic heterocycles. The maximum Gasteiger partial charge on any atom is 0.131 e. The first-order valence-electron chi connectivity index (χ1n) is 7.56. The lowest BCUT2D eigenvalue weighted by Crippen LogP contribution is -2.13. The standard InChI is InChI=1S/C17H24N4O/c1-12(2)19-17-11-16(20-13(3)21-17)18-10-9-14-5-7-15(22-4)8-6-14/h5-8,11-12H,9-10H2,1-4H3,(H2,18,19,20,21). The fourth-order valence-corrected chi connectivity index (χ4v) is 2.16. The fourth-order valence-electron chi connectivity index (χ4n) is 2.16. The van der Waals surface area contributed by atoms with Crippen LogP contribution in [0.2, 0.25) is 0 Å². The van der Waals surface area contributed by atoms with Crippen molar-refractivity contribution in [1.29, 1.82) is 0 Å². The summed E-state index contributed by atoms with van der Waals surface area (Å²) in [6.07, 6.45) is 0.931. The van der Waals surface area contributed by atoms with Crippen molar-refractivity contribution in [1.82, 2.24) is 9.97 Å². The number of rotatable bonds is 7. The number of nitrogens with one attached hydrogen (secondary N) is 2. The Labute approximate surface area is 132 Å². The van der Waals surface area contributed by atoms with E-state index in [1.54, 1.807) is 7.11 Å². The van der Waals surface area contributed by atoms with Crippen molar-refractivity contribution in [3.63, 3.8) is 0 Å². The van der Waals surface area contributed by atoms with Crippen molar-refractivity contribution in [3.05, 3.63) is 41.7 Å². The lowest BCUT2D eigenvalue weighted by Gasteiger charge is -2.12.